The molecule has 0 aliphatic carbocycles. The maximum absolute atomic E-state index is 6.33. The molecule has 1 aliphatic heterocycles. The summed E-state index contributed by atoms with van der Waals surface area (Å²) in [5.74, 6) is 0.928. The van der Waals surface area contributed by atoms with Crippen molar-refractivity contribution in [2.75, 3.05) is 0 Å². The van der Waals surface area contributed by atoms with E-state index in [4.69, 9.17) is 4.84 Å². The van der Waals surface area contributed by atoms with Crippen LogP contribution >= 0.6 is 0 Å². The summed E-state index contributed by atoms with van der Waals surface area (Å²) in [6.07, 6.45) is 3.60. The quantitative estimate of drug-likeness (QED) is 0.753. The smallest absolute Gasteiger partial charge is 0.148 e. The summed E-state index contributed by atoms with van der Waals surface area (Å²) in [5.41, 5.74) is 0.126. The minimum atomic E-state index is 0.0629. The molecule has 1 heterocycles. The number of piperidine rings is 1. The molecular weight excluding hydrogens is 258 g/mol. The van der Waals surface area contributed by atoms with Crippen LogP contribution in [0.4, 0.5) is 0 Å². The van der Waals surface area contributed by atoms with Crippen molar-refractivity contribution in [1.82, 2.24) is 5.06 Å². The molecule has 3 rings (SSSR count). The molecule has 0 saturated carbocycles. The molecule has 0 aromatic heterocycles. The first-order valence-corrected chi connectivity index (χ1v) is 7.86. The van der Waals surface area contributed by atoms with Crippen molar-refractivity contribution >= 4 is 10.8 Å². The topological polar surface area (TPSA) is 12.5 Å². The maximum atomic E-state index is 6.33. The highest BCUT2D eigenvalue weighted by molar-refractivity contribution is 5.83. The molecule has 2 aromatic rings. The lowest BCUT2D eigenvalue weighted by Crippen LogP contribution is -2.59. The SMILES string of the molecule is CC1(C)CCCC(C)(C)N1Oc1ccc2ccccc2c1. The fourth-order valence-electron chi connectivity index (χ4n) is 3.55. The van der Waals surface area contributed by atoms with E-state index >= 15 is 0 Å². The molecule has 0 radical (unpaired) electrons. The number of benzene rings is 2. The van der Waals surface area contributed by atoms with Crippen LogP contribution in [0, 0.1) is 0 Å². The van der Waals surface area contributed by atoms with Crippen molar-refractivity contribution in [3.8, 4) is 5.75 Å². The molecule has 0 unspecified atom stereocenters. The third-order valence-corrected chi connectivity index (χ3v) is 4.59. The van der Waals surface area contributed by atoms with E-state index in [0.717, 1.165) is 5.75 Å². The zero-order valence-corrected chi connectivity index (χ0v) is 13.5. The van der Waals surface area contributed by atoms with Crippen LogP contribution < -0.4 is 4.84 Å². The van der Waals surface area contributed by atoms with Crippen LogP contribution in [0.15, 0.2) is 42.5 Å². The fraction of sp³-hybridized carbons (Fsp3) is 0.474. The number of hydrogen-bond acceptors (Lipinski definition) is 2. The highest BCUT2D eigenvalue weighted by Gasteiger charge is 2.43. The molecule has 0 atom stereocenters. The lowest BCUT2D eigenvalue weighted by atomic mass is 9.82. The predicted octanol–water partition coefficient (Wildman–Crippen LogP) is 5.18. The van der Waals surface area contributed by atoms with E-state index in [-0.39, 0.29) is 11.1 Å². The van der Waals surface area contributed by atoms with E-state index in [2.05, 4.69) is 75.2 Å². The summed E-state index contributed by atoms with van der Waals surface area (Å²) in [6, 6.07) is 14.7. The Bertz CT molecular complexity index is 629. The average molecular weight is 283 g/mol. The molecule has 0 amide bonds. The summed E-state index contributed by atoms with van der Waals surface area (Å²) in [4.78, 5) is 6.33. The molecule has 1 saturated heterocycles. The van der Waals surface area contributed by atoms with Crippen molar-refractivity contribution in [3.05, 3.63) is 42.5 Å². The molecule has 21 heavy (non-hydrogen) atoms. The molecule has 2 heteroatoms. The van der Waals surface area contributed by atoms with E-state index in [1.807, 2.05) is 0 Å². The van der Waals surface area contributed by atoms with E-state index in [9.17, 15) is 0 Å². The van der Waals surface area contributed by atoms with Gasteiger partial charge in [-0.3, -0.25) is 0 Å². The molecule has 2 aromatic carbocycles. The Balaban J connectivity index is 1.92. The standard InChI is InChI=1S/C19H25NO/c1-18(2)12-7-13-19(3,4)20(18)21-17-11-10-15-8-5-6-9-16(15)14-17/h5-6,8-11,14H,7,12-13H2,1-4H3. The third-order valence-electron chi connectivity index (χ3n) is 4.59. The van der Waals surface area contributed by atoms with Crippen molar-refractivity contribution in [2.24, 2.45) is 0 Å². The highest BCUT2D eigenvalue weighted by atomic mass is 16.7. The second kappa shape index (κ2) is 5.03. The van der Waals surface area contributed by atoms with Gasteiger partial charge in [0.25, 0.3) is 0 Å². The van der Waals surface area contributed by atoms with Crippen molar-refractivity contribution in [3.63, 3.8) is 0 Å². The Morgan fingerprint density at radius 1 is 0.857 bits per heavy atom. The first-order chi connectivity index (χ1) is 9.88. The highest BCUT2D eigenvalue weighted by Crippen LogP contribution is 2.39. The first kappa shape index (κ1) is 14.4. The molecule has 1 fully saturated rings. The molecule has 0 bridgehead atoms. The number of hydroxylamine groups is 2. The third kappa shape index (κ3) is 2.77. The van der Waals surface area contributed by atoms with Crippen LogP contribution in [-0.2, 0) is 0 Å². The normalized spacial score (nSPS) is 21.3. The first-order valence-electron chi connectivity index (χ1n) is 7.86. The largest absolute Gasteiger partial charge is 0.405 e. The van der Waals surface area contributed by atoms with Gasteiger partial charge in [-0.2, -0.15) is 0 Å². The second-order valence-electron chi connectivity index (χ2n) is 7.37. The molecule has 0 spiro atoms. The van der Waals surface area contributed by atoms with E-state index < -0.39 is 0 Å². The van der Waals surface area contributed by atoms with Crippen molar-refractivity contribution < 1.29 is 4.84 Å². The van der Waals surface area contributed by atoms with Crippen molar-refractivity contribution in [2.45, 2.75) is 58.0 Å². The van der Waals surface area contributed by atoms with Crippen molar-refractivity contribution in [1.29, 1.82) is 0 Å². The van der Waals surface area contributed by atoms with Gasteiger partial charge in [0, 0.05) is 0 Å². The Morgan fingerprint density at radius 3 is 2.14 bits per heavy atom. The van der Waals surface area contributed by atoms with Gasteiger partial charge in [-0.15, -0.1) is 5.06 Å². The molecule has 0 N–H and O–H groups in total. The summed E-state index contributed by atoms with van der Waals surface area (Å²) >= 11 is 0. The van der Waals surface area contributed by atoms with Gasteiger partial charge in [0.2, 0.25) is 0 Å². The Labute approximate surface area is 127 Å². The number of hydrogen-bond donors (Lipinski definition) is 0. The van der Waals surface area contributed by atoms with E-state index in [0.29, 0.717) is 0 Å². The summed E-state index contributed by atoms with van der Waals surface area (Å²) in [7, 11) is 0. The zero-order valence-electron chi connectivity index (χ0n) is 13.5. The predicted molar refractivity (Wildman–Crippen MR) is 88.4 cm³/mol. The van der Waals surface area contributed by atoms with Gasteiger partial charge in [0.05, 0.1) is 11.1 Å². The van der Waals surface area contributed by atoms with Gasteiger partial charge in [-0.25, -0.2) is 0 Å². The maximum Gasteiger partial charge on any atom is 0.148 e. The number of fused-ring (bicyclic) bond motifs is 1. The van der Waals surface area contributed by atoms with E-state index in [1.165, 1.54) is 30.0 Å². The van der Waals surface area contributed by atoms with Crippen LogP contribution in [0.3, 0.4) is 0 Å². The van der Waals surface area contributed by atoms with Gasteiger partial charge in [-0.1, -0.05) is 30.3 Å². The van der Waals surface area contributed by atoms with Crippen LogP contribution in [-0.4, -0.2) is 16.1 Å². The Hall–Kier alpha value is -1.54. The van der Waals surface area contributed by atoms with Crippen LogP contribution in [0.2, 0.25) is 0 Å². The molecule has 112 valence electrons. The summed E-state index contributed by atoms with van der Waals surface area (Å²) in [6.45, 7) is 9.09. The van der Waals surface area contributed by atoms with Gasteiger partial charge in [0.1, 0.15) is 5.75 Å². The molecular formula is C19H25NO. The Morgan fingerprint density at radius 2 is 1.48 bits per heavy atom. The van der Waals surface area contributed by atoms with Crippen LogP contribution in [0.25, 0.3) is 10.8 Å². The zero-order chi connectivity index (χ0) is 15.1. The number of rotatable bonds is 2. The fourth-order valence-corrected chi connectivity index (χ4v) is 3.55. The minimum Gasteiger partial charge on any atom is -0.405 e. The second-order valence-corrected chi connectivity index (χ2v) is 7.37. The van der Waals surface area contributed by atoms with Gasteiger partial charge in [-0.05, 0) is 69.9 Å². The Kier molecular flexibility index (Phi) is 3.45. The van der Waals surface area contributed by atoms with Gasteiger partial charge >= 0.3 is 0 Å². The lowest BCUT2D eigenvalue weighted by molar-refractivity contribution is -0.216. The monoisotopic (exact) mass is 283 g/mol. The minimum absolute atomic E-state index is 0.0629. The van der Waals surface area contributed by atoms with Gasteiger partial charge < -0.3 is 4.84 Å². The van der Waals surface area contributed by atoms with Gasteiger partial charge in [0.15, 0.2) is 0 Å². The summed E-state index contributed by atoms with van der Waals surface area (Å²) in [5, 5.41) is 4.68. The average Bonchev–Trinajstić information content (AvgIpc) is 2.42. The summed E-state index contributed by atoms with van der Waals surface area (Å²) < 4.78 is 0. The van der Waals surface area contributed by atoms with Crippen LogP contribution in [0.5, 0.6) is 5.75 Å². The molecule has 2 nitrogen and oxygen atoms in total. The lowest BCUT2D eigenvalue weighted by Gasteiger charge is -2.50. The van der Waals surface area contributed by atoms with Crippen LogP contribution in [0.1, 0.15) is 47.0 Å². The molecule has 1 aliphatic rings. The van der Waals surface area contributed by atoms with E-state index in [1.54, 1.807) is 0 Å². The number of nitrogens with zero attached hydrogens (tertiary/aromatic N) is 1.